The molecule has 2 aromatic rings. The highest BCUT2D eigenvalue weighted by molar-refractivity contribution is 6.36. The normalized spacial score (nSPS) is 17.5. The fourth-order valence-electron chi connectivity index (χ4n) is 2.54. The number of methoxy groups -OCH3 is 1. The maximum Gasteiger partial charge on any atom is 0.256 e. The molecule has 0 radical (unpaired) electrons. The average Bonchev–Trinajstić information content (AvgIpc) is 2.82. The molecule has 2 aromatic carbocycles. The van der Waals surface area contributed by atoms with Gasteiger partial charge in [0.2, 0.25) is 5.91 Å². The number of hydrogen-bond donors (Lipinski definition) is 1. The van der Waals surface area contributed by atoms with Crippen molar-refractivity contribution in [1.82, 2.24) is 0 Å². The predicted molar refractivity (Wildman–Crippen MR) is 89.0 cm³/mol. The van der Waals surface area contributed by atoms with Gasteiger partial charge in [-0.1, -0.05) is 29.8 Å². The summed E-state index contributed by atoms with van der Waals surface area (Å²) in [6, 6.07) is 13.4. The Hall–Kier alpha value is -2.53. The van der Waals surface area contributed by atoms with Crippen molar-refractivity contribution in [3.05, 3.63) is 53.6 Å². The van der Waals surface area contributed by atoms with Gasteiger partial charge in [0.25, 0.3) is 5.91 Å². The summed E-state index contributed by atoms with van der Waals surface area (Å²) in [5, 5.41) is 3.45. The molecule has 0 unspecified atom stereocenters. The van der Waals surface area contributed by atoms with Crippen LogP contribution in [0.4, 0.5) is 11.4 Å². The first-order chi connectivity index (χ1) is 11.1. The van der Waals surface area contributed by atoms with Crippen molar-refractivity contribution < 1.29 is 14.3 Å². The van der Waals surface area contributed by atoms with Crippen molar-refractivity contribution >= 4 is 34.8 Å². The van der Waals surface area contributed by atoms with Gasteiger partial charge in [-0.2, -0.15) is 0 Å². The van der Waals surface area contributed by atoms with Crippen LogP contribution in [0.2, 0.25) is 5.02 Å². The summed E-state index contributed by atoms with van der Waals surface area (Å²) < 4.78 is 5.15. The zero-order chi connectivity index (χ0) is 16.4. The minimum absolute atomic E-state index is 0.0846. The highest BCUT2D eigenvalue weighted by Crippen LogP contribution is 2.31. The summed E-state index contributed by atoms with van der Waals surface area (Å²) >= 11 is 6.10. The average molecular weight is 331 g/mol. The molecule has 1 fully saturated rings. The lowest BCUT2D eigenvalue weighted by molar-refractivity contribution is -0.121. The maximum absolute atomic E-state index is 12.6. The second-order valence-electron chi connectivity index (χ2n) is 5.15. The fourth-order valence-corrected chi connectivity index (χ4v) is 2.77. The third-order valence-corrected chi connectivity index (χ3v) is 3.97. The van der Waals surface area contributed by atoms with Gasteiger partial charge >= 0.3 is 0 Å². The molecule has 0 bridgehead atoms. The lowest BCUT2D eigenvalue weighted by atomic mass is 10.2. The van der Waals surface area contributed by atoms with Crippen molar-refractivity contribution in [1.29, 1.82) is 0 Å². The summed E-state index contributed by atoms with van der Waals surface area (Å²) in [5.74, 6) is 0.0872. The summed E-state index contributed by atoms with van der Waals surface area (Å²) in [7, 11) is 1.57. The molecule has 0 saturated carbocycles. The third-order valence-electron chi connectivity index (χ3n) is 3.65. The summed E-state index contributed by atoms with van der Waals surface area (Å²) in [6.07, 6.45) is 0.0846. The van der Waals surface area contributed by atoms with Crippen molar-refractivity contribution in [2.24, 2.45) is 0 Å². The Morgan fingerprint density at radius 2 is 1.96 bits per heavy atom. The van der Waals surface area contributed by atoms with E-state index in [1.807, 2.05) is 18.2 Å². The number of imide groups is 1. The molecule has 0 aromatic heterocycles. The summed E-state index contributed by atoms with van der Waals surface area (Å²) in [4.78, 5) is 26.0. The topological polar surface area (TPSA) is 58.6 Å². The number of carbonyl (C=O) groups is 2. The van der Waals surface area contributed by atoms with Crippen LogP contribution < -0.4 is 15.0 Å². The highest BCUT2D eigenvalue weighted by atomic mass is 35.5. The van der Waals surface area contributed by atoms with E-state index in [0.29, 0.717) is 16.5 Å². The van der Waals surface area contributed by atoms with E-state index in [-0.39, 0.29) is 18.2 Å². The van der Waals surface area contributed by atoms with E-state index < -0.39 is 6.04 Å². The number of ether oxygens (including phenoxy) is 1. The number of hydrogen-bond acceptors (Lipinski definition) is 4. The first kappa shape index (κ1) is 15.4. The number of halogens is 1. The lowest BCUT2D eigenvalue weighted by Crippen LogP contribution is -2.35. The van der Waals surface area contributed by atoms with Crippen LogP contribution in [-0.4, -0.2) is 25.0 Å². The van der Waals surface area contributed by atoms with Crippen molar-refractivity contribution in [3.63, 3.8) is 0 Å². The van der Waals surface area contributed by atoms with E-state index in [4.69, 9.17) is 16.3 Å². The van der Waals surface area contributed by atoms with Crippen molar-refractivity contribution in [3.8, 4) is 5.75 Å². The SMILES string of the molecule is COc1cccc(N[C@H]2CC(=O)N(c3ccccc3Cl)C2=O)c1. The number of nitrogens with zero attached hydrogens (tertiary/aromatic N) is 1. The molecule has 1 N–H and O–H groups in total. The first-order valence-electron chi connectivity index (χ1n) is 7.12. The second kappa shape index (κ2) is 6.30. The number of anilines is 2. The number of benzene rings is 2. The van der Waals surface area contributed by atoms with Gasteiger partial charge in [-0.05, 0) is 24.3 Å². The fraction of sp³-hybridized carbons (Fsp3) is 0.176. The van der Waals surface area contributed by atoms with Gasteiger partial charge < -0.3 is 10.1 Å². The third kappa shape index (κ3) is 3.00. The van der Waals surface area contributed by atoms with Gasteiger partial charge in [0.1, 0.15) is 11.8 Å². The standard InChI is InChI=1S/C17H15ClN2O3/c1-23-12-6-4-5-11(9-12)19-14-10-16(21)20(17(14)22)15-8-3-2-7-13(15)18/h2-9,14,19H,10H2,1H3/t14-/m0/s1. The maximum atomic E-state index is 12.6. The van der Waals surface area contributed by atoms with Gasteiger partial charge in [-0.3, -0.25) is 9.59 Å². The largest absolute Gasteiger partial charge is 0.497 e. The number of para-hydroxylation sites is 1. The molecule has 1 saturated heterocycles. The van der Waals surface area contributed by atoms with Gasteiger partial charge in [-0.25, -0.2) is 4.90 Å². The molecule has 0 aliphatic carbocycles. The quantitative estimate of drug-likeness (QED) is 0.875. The molecule has 1 heterocycles. The molecule has 2 amide bonds. The molecule has 1 atom stereocenters. The van der Waals surface area contributed by atoms with E-state index in [2.05, 4.69) is 5.32 Å². The van der Waals surface area contributed by atoms with E-state index in [0.717, 1.165) is 10.6 Å². The minimum atomic E-state index is -0.620. The molecule has 1 aliphatic heterocycles. The Balaban J connectivity index is 1.82. The van der Waals surface area contributed by atoms with Crippen LogP contribution in [0.25, 0.3) is 0 Å². The molecule has 0 spiro atoms. The monoisotopic (exact) mass is 330 g/mol. The molecule has 1 aliphatic rings. The molecule has 6 heteroatoms. The van der Waals surface area contributed by atoms with Gasteiger partial charge in [0.15, 0.2) is 0 Å². The zero-order valence-electron chi connectivity index (χ0n) is 12.5. The van der Waals surface area contributed by atoms with Crippen LogP contribution in [0.15, 0.2) is 48.5 Å². The Labute approximate surface area is 138 Å². The number of carbonyl (C=O) groups excluding carboxylic acids is 2. The smallest absolute Gasteiger partial charge is 0.256 e. The molecule has 118 valence electrons. The van der Waals surface area contributed by atoms with Crippen LogP contribution in [0, 0.1) is 0 Å². The van der Waals surface area contributed by atoms with Crippen LogP contribution in [0.5, 0.6) is 5.75 Å². The molecular formula is C17H15ClN2O3. The van der Waals surface area contributed by atoms with Crippen LogP contribution in [0.1, 0.15) is 6.42 Å². The van der Waals surface area contributed by atoms with Crippen molar-refractivity contribution in [2.45, 2.75) is 12.5 Å². The second-order valence-corrected chi connectivity index (χ2v) is 5.56. The molecule has 23 heavy (non-hydrogen) atoms. The van der Waals surface area contributed by atoms with Crippen LogP contribution in [-0.2, 0) is 9.59 Å². The number of nitrogens with one attached hydrogen (secondary N) is 1. The first-order valence-corrected chi connectivity index (χ1v) is 7.50. The zero-order valence-corrected chi connectivity index (χ0v) is 13.2. The van der Waals surface area contributed by atoms with E-state index >= 15 is 0 Å². The molecule has 5 nitrogen and oxygen atoms in total. The van der Waals surface area contributed by atoms with E-state index in [1.165, 1.54) is 0 Å². The number of amides is 2. The van der Waals surface area contributed by atoms with E-state index in [1.54, 1.807) is 37.4 Å². The molecular weight excluding hydrogens is 316 g/mol. The van der Waals surface area contributed by atoms with E-state index in [9.17, 15) is 9.59 Å². The highest BCUT2D eigenvalue weighted by Gasteiger charge is 2.40. The lowest BCUT2D eigenvalue weighted by Gasteiger charge is -2.17. The van der Waals surface area contributed by atoms with Crippen LogP contribution in [0.3, 0.4) is 0 Å². The minimum Gasteiger partial charge on any atom is -0.497 e. The molecule has 3 rings (SSSR count). The van der Waals surface area contributed by atoms with Crippen molar-refractivity contribution in [2.75, 3.05) is 17.3 Å². The Morgan fingerprint density at radius 3 is 2.70 bits per heavy atom. The predicted octanol–water partition coefficient (Wildman–Crippen LogP) is 3.09. The number of rotatable bonds is 4. The Bertz CT molecular complexity index is 763. The van der Waals surface area contributed by atoms with Crippen LogP contribution >= 0.6 is 11.6 Å². The van der Waals surface area contributed by atoms with Gasteiger partial charge in [0.05, 0.1) is 24.2 Å². The summed E-state index contributed by atoms with van der Waals surface area (Å²) in [6.45, 7) is 0. The van der Waals surface area contributed by atoms with Gasteiger partial charge in [0, 0.05) is 11.8 Å². The summed E-state index contributed by atoms with van der Waals surface area (Å²) in [5.41, 5.74) is 1.13. The van der Waals surface area contributed by atoms with Gasteiger partial charge in [-0.15, -0.1) is 0 Å². The Kier molecular flexibility index (Phi) is 4.21. The Morgan fingerprint density at radius 1 is 1.17 bits per heavy atom.